The third kappa shape index (κ3) is 9.95. The first-order valence-electron chi connectivity index (χ1n) is 15.3. The van der Waals surface area contributed by atoms with Crippen LogP contribution in [-0.4, -0.2) is 91.2 Å². The Bertz CT molecular complexity index is 1850. The molecule has 1 aliphatic heterocycles. The van der Waals surface area contributed by atoms with Crippen LogP contribution in [0.3, 0.4) is 0 Å². The second-order valence-corrected chi connectivity index (χ2v) is 15.6. The van der Waals surface area contributed by atoms with Crippen LogP contribution in [0.1, 0.15) is 68.0 Å². The number of carbonyl (C=O) groups is 3. The van der Waals surface area contributed by atoms with Gasteiger partial charge in [-0.3, -0.25) is 14.3 Å². The van der Waals surface area contributed by atoms with Gasteiger partial charge in [0.05, 0.1) is 29.8 Å². The Hall–Kier alpha value is -4.63. The average Bonchev–Trinajstić information content (AvgIpc) is 3.00. The van der Waals surface area contributed by atoms with Crippen LogP contribution >= 0.6 is 11.6 Å². The predicted octanol–water partition coefficient (Wildman–Crippen LogP) is 5.55. The number of nitrogens with zero attached hydrogens (tertiary/aromatic N) is 4. The quantitative estimate of drug-likeness (QED) is 0.302. The van der Waals surface area contributed by atoms with Gasteiger partial charge in [-0.25, -0.2) is 23.2 Å². The Kier molecular flexibility index (Phi) is 11.0. The molecule has 14 nitrogen and oxygen atoms in total. The summed E-state index contributed by atoms with van der Waals surface area (Å²) in [5.74, 6) is -0.693. The Morgan fingerprint density at radius 1 is 0.898 bits per heavy atom. The van der Waals surface area contributed by atoms with Crippen LogP contribution in [0.25, 0.3) is 0 Å². The number of rotatable bonds is 8. The summed E-state index contributed by atoms with van der Waals surface area (Å²) in [7, 11) is -2.29. The van der Waals surface area contributed by atoms with Gasteiger partial charge >= 0.3 is 6.09 Å². The van der Waals surface area contributed by atoms with Gasteiger partial charge in [0.15, 0.2) is 5.75 Å². The topological polar surface area (TPSA) is 169 Å². The van der Waals surface area contributed by atoms with Crippen molar-refractivity contribution in [3.05, 3.63) is 64.6 Å². The second-order valence-electron chi connectivity index (χ2n) is 13.4. The van der Waals surface area contributed by atoms with Crippen LogP contribution < -0.4 is 19.5 Å². The van der Waals surface area contributed by atoms with E-state index in [1.165, 1.54) is 37.7 Å². The zero-order valence-corrected chi connectivity index (χ0v) is 30.3. The van der Waals surface area contributed by atoms with Crippen LogP contribution in [0.2, 0.25) is 5.02 Å². The van der Waals surface area contributed by atoms with Crippen molar-refractivity contribution in [1.29, 1.82) is 0 Å². The van der Waals surface area contributed by atoms with Crippen molar-refractivity contribution in [3.8, 4) is 17.4 Å². The molecule has 16 heteroatoms. The number of aromatic nitrogens is 2. The van der Waals surface area contributed by atoms with Crippen LogP contribution in [0.15, 0.2) is 42.7 Å². The molecule has 4 rings (SSSR count). The van der Waals surface area contributed by atoms with E-state index >= 15 is 0 Å². The van der Waals surface area contributed by atoms with E-state index < -0.39 is 33.0 Å². The lowest BCUT2D eigenvalue weighted by molar-refractivity contribution is 0.0140. The fourth-order valence-electron chi connectivity index (χ4n) is 4.77. The lowest BCUT2D eigenvalue weighted by Crippen LogP contribution is -2.51. The number of piperazine rings is 1. The first-order valence-corrected chi connectivity index (χ1v) is 17.6. The molecule has 2 aromatic carbocycles. The number of hydrogen-bond acceptors (Lipinski definition) is 10. The fourth-order valence-corrected chi connectivity index (χ4v) is 5.48. The number of benzene rings is 2. The summed E-state index contributed by atoms with van der Waals surface area (Å²) in [5, 5.41) is 2.98. The summed E-state index contributed by atoms with van der Waals surface area (Å²) in [6, 6.07) is 9.12. The van der Waals surface area contributed by atoms with Gasteiger partial charge in [-0.1, -0.05) is 32.4 Å². The van der Waals surface area contributed by atoms with Gasteiger partial charge in [0.25, 0.3) is 11.8 Å². The van der Waals surface area contributed by atoms with Crippen molar-refractivity contribution in [2.45, 2.75) is 52.6 Å². The van der Waals surface area contributed by atoms with Crippen LogP contribution in [0.4, 0.5) is 16.2 Å². The summed E-state index contributed by atoms with van der Waals surface area (Å²) in [6.45, 7) is 12.4. The molecule has 3 amide bonds. The number of methoxy groups -OCH3 is 1. The summed E-state index contributed by atoms with van der Waals surface area (Å²) in [6.07, 6.45) is 1.77. The van der Waals surface area contributed by atoms with Gasteiger partial charge in [0.2, 0.25) is 15.9 Å². The predicted molar refractivity (Wildman–Crippen MR) is 185 cm³/mol. The summed E-state index contributed by atoms with van der Waals surface area (Å²) < 4.78 is 43.5. The number of ether oxygens (including phenoxy) is 3. The first-order chi connectivity index (χ1) is 22.7. The molecule has 0 aliphatic carbocycles. The maximum absolute atomic E-state index is 13.5. The average molecular weight is 717 g/mol. The molecule has 2 N–H and O–H groups in total. The van der Waals surface area contributed by atoms with Crippen molar-refractivity contribution >= 4 is 50.9 Å². The maximum Gasteiger partial charge on any atom is 0.410 e. The fraction of sp³-hybridized carbons (Fsp3) is 0.424. The minimum atomic E-state index is -3.66. The summed E-state index contributed by atoms with van der Waals surface area (Å²) in [5.41, 5.74) is 0.379. The van der Waals surface area contributed by atoms with E-state index in [-0.39, 0.29) is 64.0 Å². The van der Waals surface area contributed by atoms with E-state index in [0.29, 0.717) is 13.1 Å². The summed E-state index contributed by atoms with van der Waals surface area (Å²) in [4.78, 5) is 50.5. The number of amides is 3. The third-order valence-corrected chi connectivity index (χ3v) is 8.09. The lowest BCUT2D eigenvalue weighted by atomic mass is 9.86. The molecule has 0 bridgehead atoms. The van der Waals surface area contributed by atoms with Crippen molar-refractivity contribution < 1.29 is 37.0 Å². The van der Waals surface area contributed by atoms with Gasteiger partial charge in [-0.15, -0.1) is 0 Å². The standard InChI is InChI=1S/C33H41ClN6O8S/c1-32(2,3)21-16-23(28(46-7)24(17-21)38-49(8,44)45)37-29(41)20-9-10-22(34)26(15-20)47-27-18-25(35-19-36-27)30(42)39-11-13-40(14-12-39)31(43)48-33(4,5)6/h9-10,15-19,38H,11-14H2,1-8H3,(H,37,41). The molecule has 264 valence electrons. The molecule has 0 atom stereocenters. The largest absolute Gasteiger partial charge is 0.492 e. The Balaban J connectivity index is 1.51. The van der Waals surface area contributed by atoms with Crippen molar-refractivity contribution in [3.63, 3.8) is 0 Å². The van der Waals surface area contributed by atoms with Crippen molar-refractivity contribution in [2.75, 3.05) is 49.6 Å². The van der Waals surface area contributed by atoms with Crippen molar-refractivity contribution in [2.24, 2.45) is 0 Å². The van der Waals surface area contributed by atoms with Crippen molar-refractivity contribution in [1.82, 2.24) is 19.8 Å². The number of carbonyl (C=O) groups excluding carboxylic acids is 3. The molecule has 49 heavy (non-hydrogen) atoms. The van der Waals surface area contributed by atoms with Gasteiger partial charge in [-0.05, 0) is 62.1 Å². The molecule has 3 aromatic rings. The molecular formula is C33H41ClN6O8S. The van der Waals surface area contributed by atoms with Gasteiger partial charge < -0.3 is 29.3 Å². The molecule has 0 unspecified atom stereocenters. The van der Waals surface area contributed by atoms with Gasteiger partial charge in [-0.2, -0.15) is 0 Å². The van der Waals surface area contributed by atoms with E-state index in [4.69, 9.17) is 25.8 Å². The molecular weight excluding hydrogens is 676 g/mol. The first kappa shape index (κ1) is 37.2. The minimum Gasteiger partial charge on any atom is -0.492 e. The lowest BCUT2D eigenvalue weighted by Gasteiger charge is -2.35. The van der Waals surface area contributed by atoms with E-state index in [9.17, 15) is 22.8 Å². The highest BCUT2D eigenvalue weighted by Crippen LogP contribution is 2.39. The highest BCUT2D eigenvalue weighted by molar-refractivity contribution is 7.92. The zero-order valence-electron chi connectivity index (χ0n) is 28.7. The highest BCUT2D eigenvalue weighted by atomic mass is 35.5. The Labute approximate surface area is 291 Å². The molecule has 1 fully saturated rings. The number of anilines is 2. The molecule has 1 aromatic heterocycles. The van der Waals surface area contributed by atoms with E-state index in [1.807, 2.05) is 20.8 Å². The molecule has 2 heterocycles. The van der Waals surface area contributed by atoms with E-state index in [2.05, 4.69) is 20.0 Å². The second kappa shape index (κ2) is 14.5. The molecule has 1 saturated heterocycles. The summed E-state index contributed by atoms with van der Waals surface area (Å²) >= 11 is 6.41. The zero-order chi connectivity index (χ0) is 36.3. The Morgan fingerprint density at radius 3 is 2.12 bits per heavy atom. The molecule has 0 radical (unpaired) electrons. The molecule has 1 aliphatic rings. The number of hydrogen-bond donors (Lipinski definition) is 2. The SMILES string of the molecule is COc1c(NC(=O)c2ccc(Cl)c(Oc3cc(C(=O)N4CCN(C(=O)OC(C)(C)C)CC4)ncn3)c2)cc(C(C)(C)C)cc1NS(C)(=O)=O. The number of halogens is 1. The third-order valence-electron chi connectivity index (χ3n) is 7.19. The highest BCUT2D eigenvalue weighted by Gasteiger charge is 2.29. The molecule has 0 saturated carbocycles. The maximum atomic E-state index is 13.5. The number of sulfonamides is 1. The van der Waals surface area contributed by atoms with Crippen LogP contribution in [-0.2, 0) is 20.2 Å². The van der Waals surface area contributed by atoms with E-state index in [1.54, 1.807) is 42.7 Å². The number of nitrogens with one attached hydrogen (secondary N) is 2. The van der Waals surface area contributed by atoms with Crippen LogP contribution in [0.5, 0.6) is 17.4 Å². The van der Waals surface area contributed by atoms with Gasteiger partial charge in [0, 0.05) is 37.8 Å². The van der Waals surface area contributed by atoms with Gasteiger partial charge in [0.1, 0.15) is 23.4 Å². The Morgan fingerprint density at radius 2 is 1.53 bits per heavy atom. The van der Waals surface area contributed by atoms with Crippen LogP contribution in [0, 0.1) is 0 Å². The minimum absolute atomic E-state index is 0.0150. The smallest absolute Gasteiger partial charge is 0.410 e. The monoisotopic (exact) mass is 716 g/mol. The normalized spacial score (nSPS) is 13.8. The molecule has 0 spiro atoms. The van der Waals surface area contributed by atoms with E-state index in [0.717, 1.165) is 11.8 Å².